The number of hydrogen-bond acceptors (Lipinski definition) is 4. The van der Waals surface area contributed by atoms with Crippen LogP contribution in [0.3, 0.4) is 0 Å². The van der Waals surface area contributed by atoms with Gasteiger partial charge in [-0.25, -0.2) is 8.42 Å². The molecule has 0 fully saturated rings. The van der Waals surface area contributed by atoms with Crippen LogP contribution in [0.5, 0.6) is 0 Å². The summed E-state index contributed by atoms with van der Waals surface area (Å²) in [6.07, 6.45) is 2.99. The van der Waals surface area contributed by atoms with Crippen LogP contribution >= 0.6 is 23.2 Å². The number of carbonyl (C=O) groups excluding carboxylic acids is 2. The van der Waals surface area contributed by atoms with Crippen LogP contribution in [0.2, 0.25) is 10.0 Å². The van der Waals surface area contributed by atoms with Gasteiger partial charge in [0.2, 0.25) is 21.8 Å². The van der Waals surface area contributed by atoms with Crippen LogP contribution in [0.25, 0.3) is 0 Å². The lowest BCUT2D eigenvalue weighted by atomic mass is 10.0. The van der Waals surface area contributed by atoms with Gasteiger partial charge in [0.1, 0.15) is 12.6 Å². The van der Waals surface area contributed by atoms with Crippen molar-refractivity contribution in [2.24, 2.45) is 0 Å². The number of hydrogen-bond donors (Lipinski definition) is 1. The number of nitrogens with zero attached hydrogens (tertiary/aromatic N) is 2. The Balaban J connectivity index is 2.02. The molecule has 0 aromatic heterocycles. The number of carbonyl (C=O) groups is 2. The molecule has 0 saturated heterocycles. The van der Waals surface area contributed by atoms with Gasteiger partial charge in [-0.3, -0.25) is 13.9 Å². The predicted molar refractivity (Wildman–Crippen MR) is 157 cm³/mol. The van der Waals surface area contributed by atoms with Gasteiger partial charge < -0.3 is 10.2 Å². The van der Waals surface area contributed by atoms with Crippen LogP contribution in [0.15, 0.2) is 78.9 Å². The largest absolute Gasteiger partial charge is 0.354 e. The lowest BCUT2D eigenvalue weighted by Crippen LogP contribution is -2.53. The topological polar surface area (TPSA) is 86.8 Å². The minimum absolute atomic E-state index is 0.0852. The lowest BCUT2D eigenvalue weighted by molar-refractivity contribution is -0.140. The molecule has 208 valence electrons. The summed E-state index contributed by atoms with van der Waals surface area (Å²) in [5.74, 6) is -0.829. The van der Waals surface area contributed by atoms with Crippen LogP contribution in [0, 0.1) is 0 Å². The molecule has 3 rings (SSSR count). The minimum Gasteiger partial charge on any atom is -0.354 e. The van der Waals surface area contributed by atoms with E-state index >= 15 is 0 Å². The van der Waals surface area contributed by atoms with E-state index in [-0.39, 0.29) is 24.6 Å². The van der Waals surface area contributed by atoms with Crippen LogP contribution in [0.4, 0.5) is 5.69 Å². The van der Waals surface area contributed by atoms with Crippen molar-refractivity contribution in [3.63, 3.8) is 0 Å². The number of nitrogens with one attached hydrogen (secondary N) is 1. The average Bonchev–Trinajstić information content (AvgIpc) is 2.90. The van der Waals surface area contributed by atoms with Gasteiger partial charge in [0, 0.05) is 29.6 Å². The fourth-order valence-corrected chi connectivity index (χ4v) is 5.24. The van der Waals surface area contributed by atoms with Crippen molar-refractivity contribution in [2.75, 3.05) is 23.7 Å². The van der Waals surface area contributed by atoms with Gasteiger partial charge in [-0.15, -0.1) is 0 Å². The summed E-state index contributed by atoms with van der Waals surface area (Å²) in [6, 6.07) is 21.8. The predicted octanol–water partition coefficient (Wildman–Crippen LogP) is 5.32. The average molecular weight is 591 g/mol. The fraction of sp³-hybridized carbons (Fsp3) is 0.310. The molecule has 1 atom stereocenters. The summed E-state index contributed by atoms with van der Waals surface area (Å²) in [7, 11) is -3.85. The van der Waals surface area contributed by atoms with Gasteiger partial charge in [-0.05, 0) is 47.9 Å². The van der Waals surface area contributed by atoms with E-state index in [1.54, 1.807) is 42.5 Å². The number of unbranched alkanes of at least 4 members (excludes halogenated alkanes) is 1. The standard InChI is InChI=1S/C29H33Cl2N3O4S/c1-3-4-17-32-29(36)27(18-22-9-6-5-7-10-22)33(20-23-13-15-24(30)16-14-23)28(35)21-34(39(2,37)38)26-12-8-11-25(31)19-26/h5-16,19,27H,3-4,17-18,20-21H2,1-2H3,(H,32,36)/t27-/m1/s1. The third-order valence-corrected chi connectivity index (χ3v) is 7.77. The van der Waals surface area contributed by atoms with E-state index in [1.807, 2.05) is 37.3 Å². The summed E-state index contributed by atoms with van der Waals surface area (Å²) >= 11 is 12.2. The SMILES string of the molecule is CCCCNC(=O)[C@@H](Cc1ccccc1)N(Cc1ccc(Cl)cc1)C(=O)CN(c1cccc(Cl)c1)S(C)(=O)=O. The highest BCUT2D eigenvalue weighted by atomic mass is 35.5. The molecular weight excluding hydrogens is 557 g/mol. The smallest absolute Gasteiger partial charge is 0.244 e. The number of amides is 2. The summed E-state index contributed by atoms with van der Waals surface area (Å²) in [4.78, 5) is 29.0. The first-order chi connectivity index (χ1) is 18.6. The van der Waals surface area contributed by atoms with Crippen molar-refractivity contribution < 1.29 is 18.0 Å². The van der Waals surface area contributed by atoms with Gasteiger partial charge in [-0.1, -0.05) is 85.1 Å². The molecule has 0 aliphatic heterocycles. The van der Waals surface area contributed by atoms with Crippen molar-refractivity contribution in [3.8, 4) is 0 Å². The Morgan fingerprint density at radius 2 is 1.59 bits per heavy atom. The Labute approximate surface area is 240 Å². The number of halogens is 2. The molecule has 0 radical (unpaired) electrons. The maximum atomic E-state index is 14.0. The van der Waals surface area contributed by atoms with Gasteiger partial charge in [-0.2, -0.15) is 0 Å². The van der Waals surface area contributed by atoms with Gasteiger partial charge in [0.05, 0.1) is 11.9 Å². The van der Waals surface area contributed by atoms with Gasteiger partial charge >= 0.3 is 0 Å². The maximum Gasteiger partial charge on any atom is 0.244 e. The molecule has 0 spiro atoms. The Kier molecular flexibility index (Phi) is 11.2. The van der Waals surface area contributed by atoms with Crippen LogP contribution in [-0.4, -0.2) is 50.5 Å². The monoisotopic (exact) mass is 589 g/mol. The minimum atomic E-state index is -3.85. The van der Waals surface area contributed by atoms with Crippen molar-refractivity contribution in [2.45, 2.75) is 38.8 Å². The van der Waals surface area contributed by atoms with Gasteiger partial charge in [0.25, 0.3) is 0 Å². The highest BCUT2D eigenvalue weighted by molar-refractivity contribution is 7.92. The first kappa shape index (κ1) is 30.5. The van der Waals surface area contributed by atoms with Crippen molar-refractivity contribution in [3.05, 3.63) is 100 Å². The van der Waals surface area contributed by atoms with Crippen LogP contribution in [0.1, 0.15) is 30.9 Å². The first-order valence-electron chi connectivity index (χ1n) is 12.7. The van der Waals surface area contributed by atoms with Crippen molar-refractivity contribution in [1.82, 2.24) is 10.2 Å². The molecule has 0 aliphatic carbocycles. The molecule has 2 amide bonds. The third kappa shape index (κ3) is 9.27. The molecule has 10 heteroatoms. The van der Waals surface area contributed by atoms with Crippen molar-refractivity contribution in [1.29, 1.82) is 0 Å². The van der Waals surface area contributed by atoms with E-state index in [0.29, 0.717) is 16.6 Å². The van der Waals surface area contributed by atoms with E-state index < -0.39 is 28.5 Å². The molecule has 0 bridgehead atoms. The number of sulfonamides is 1. The summed E-state index contributed by atoms with van der Waals surface area (Å²) in [5, 5.41) is 3.83. The molecule has 0 heterocycles. The fourth-order valence-electron chi connectivity index (χ4n) is 4.09. The Morgan fingerprint density at radius 1 is 0.897 bits per heavy atom. The zero-order chi connectivity index (χ0) is 28.4. The Bertz CT molecular complexity index is 1350. The van der Waals surface area contributed by atoms with E-state index in [1.165, 1.54) is 11.0 Å². The molecule has 0 saturated carbocycles. The van der Waals surface area contributed by atoms with E-state index in [4.69, 9.17) is 23.2 Å². The summed E-state index contributed by atoms with van der Waals surface area (Å²) in [6.45, 7) is 2.09. The highest BCUT2D eigenvalue weighted by Gasteiger charge is 2.33. The van der Waals surface area contributed by atoms with Crippen LogP contribution < -0.4 is 9.62 Å². The van der Waals surface area contributed by atoms with Gasteiger partial charge in [0.15, 0.2) is 0 Å². The zero-order valence-corrected chi connectivity index (χ0v) is 24.3. The molecule has 3 aromatic carbocycles. The molecular formula is C29H33Cl2N3O4S. The Hall–Kier alpha value is -3.07. The van der Waals surface area contributed by atoms with Crippen LogP contribution in [-0.2, 0) is 32.6 Å². The highest BCUT2D eigenvalue weighted by Crippen LogP contribution is 2.23. The second kappa shape index (κ2) is 14.4. The molecule has 39 heavy (non-hydrogen) atoms. The lowest BCUT2D eigenvalue weighted by Gasteiger charge is -2.33. The van der Waals surface area contributed by atoms with E-state index in [9.17, 15) is 18.0 Å². The van der Waals surface area contributed by atoms with Crippen molar-refractivity contribution >= 4 is 50.7 Å². The third-order valence-electron chi connectivity index (χ3n) is 6.14. The number of rotatable bonds is 13. The molecule has 3 aromatic rings. The number of benzene rings is 3. The normalized spacial score (nSPS) is 12.0. The second-order valence-corrected chi connectivity index (χ2v) is 12.0. The first-order valence-corrected chi connectivity index (χ1v) is 15.3. The second-order valence-electron chi connectivity index (χ2n) is 9.25. The van der Waals surface area contributed by atoms with E-state index in [2.05, 4.69) is 5.32 Å². The Morgan fingerprint density at radius 3 is 2.21 bits per heavy atom. The summed E-state index contributed by atoms with van der Waals surface area (Å²) in [5.41, 5.74) is 1.88. The molecule has 7 nitrogen and oxygen atoms in total. The van der Waals surface area contributed by atoms with E-state index in [0.717, 1.165) is 34.5 Å². The molecule has 0 unspecified atom stereocenters. The molecule has 0 aliphatic rings. The number of anilines is 1. The maximum absolute atomic E-state index is 14.0. The molecule has 1 N–H and O–H groups in total. The quantitative estimate of drug-likeness (QED) is 0.273. The summed E-state index contributed by atoms with van der Waals surface area (Å²) < 4.78 is 26.6. The zero-order valence-electron chi connectivity index (χ0n) is 22.0.